The van der Waals surface area contributed by atoms with Crippen LogP contribution in [0.1, 0.15) is 36.1 Å². The van der Waals surface area contributed by atoms with Gasteiger partial charge in [-0.15, -0.1) is 0 Å². The first kappa shape index (κ1) is 22.6. The number of ketones is 1. The lowest BCUT2D eigenvalue weighted by Gasteiger charge is -2.25. The van der Waals surface area contributed by atoms with Crippen LogP contribution in [0.25, 0.3) is 5.76 Å². The standard InChI is InChI=1S/C25H30N2O4/c1-5-31-20-13-11-18(12-14-20)22-21(23(28)19-9-7-17(2)8-10-19)24(29)25(30)27(22)16-6-15-26(3)4/h7-14,22,28H,5-6,15-16H2,1-4H3/p+1/t22-/m1/s1. The van der Waals surface area contributed by atoms with Crippen LogP contribution in [-0.4, -0.2) is 55.5 Å². The van der Waals surface area contributed by atoms with Crippen molar-refractivity contribution in [1.29, 1.82) is 0 Å². The number of hydrogen-bond acceptors (Lipinski definition) is 4. The molecule has 0 bridgehead atoms. The number of aliphatic hydroxyl groups is 1. The van der Waals surface area contributed by atoms with E-state index in [0.29, 0.717) is 18.7 Å². The number of aliphatic hydroxyl groups excluding tert-OH is 1. The number of hydrogen-bond donors (Lipinski definition) is 2. The molecule has 1 atom stereocenters. The first-order valence-electron chi connectivity index (χ1n) is 10.7. The molecule has 1 amide bonds. The number of nitrogens with one attached hydrogen (secondary N) is 1. The van der Waals surface area contributed by atoms with Gasteiger partial charge in [-0.2, -0.15) is 0 Å². The molecular weight excluding hydrogens is 392 g/mol. The third-order valence-electron chi connectivity index (χ3n) is 5.45. The number of quaternary nitrogens is 1. The number of aryl methyl sites for hydroxylation is 1. The van der Waals surface area contributed by atoms with Gasteiger partial charge in [0.25, 0.3) is 11.7 Å². The van der Waals surface area contributed by atoms with E-state index >= 15 is 0 Å². The Balaban J connectivity index is 2.05. The van der Waals surface area contributed by atoms with E-state index in [9.17, 15) is 14.7 Å². The highest BCUT2D eigenvalue weighted by atomic mass is 16.5. The molecule has 6 nitrogen and oxygen atoms in total. The third kappa shape index (κ3) is 4.97. The number of ether oxygens (including phenoxy) is 1. The molecule has 0 unspecified atom stereocenters. The van der Waals surface area contributed by atoms with Gasteiger partial charge in [0, 0.05) is 18.5 Å². The average molecular weight is 424 g/mol. The monoisotopic (exact) mass is 423 g/mol. The highest BCUT2D eigenvalue weighted by Crippen LogP contribution is 2.39. The van der Waals surface area contributed by atoms with Crippen LogP contribution in [0.15, 0.2) is 54.1 Å². The lowest BCUT2D eigenvalue weighted by molar-refractivity contribution is -0.858. The maximum Gasteiger partial charge on any atom is 0.295 e. The van der Waals surface area contributed by atoms with E-state index in [2.05, 4.69) is 14.1 Å². The minimum atomic E-state index is -0.644. The molecule has 0 saturated carbocycles. The molecule has 2 aromatic rings. The minimum Gasteiger partial charge on any atom is -0.507 e. The van der Waals surface area contributed by atoms with E-state index < -0.39 is 17.7 Å². The largest absolute Gasteiger partial charge is 0.507 e. The molecule has 1 aliphatic rings. The lowest BCUT2D eigenvalue weighted by atomic mass is 9.95. The normalized spacial score (nSPS) is 18.1. The zero-order chi connectivity index (χ0) is 22.5. The van der Waals surface area contributed by atoms with Crippen molar-refractivity contribution in [3.05, 3.63) is 70.8 Å². The fraction of sp³-hybridized carbons (Fsp3) is 0.360. The molecular formula is C25H31N2O4+. The highest BCUT2D eigenvalue weighted by molar-refractivity contribution is 6.46. The Bertz CT molecular complexity index is 962. The van der Waals surface area contributed by atoms with E-state index in [0.717, 1.165) is 29.8 Å². The second kappa shape index (κ2) is 9.79. The number of likely N-dealkylation sites (tertiary alicyclic amines) is 1. The SMILES string of the molecule is CCOc1ccc([C@@H]2C(=C(O)c3ccc(C)cc3)C(=O)C(=O)N2CCC[NH+](C)C)cc1. The summed E-state index contributed by atoms with van der Waals surface area (Å²) in [7, 11) is 4.10. The molecule has 3 rings (SSSR count). The molecule has 0 spiro atoms. The zero-order valence-corrected chi connectivity index (χ0v) is 18.6. The molecule has 0 aromatic heterocycles. The van der Waals surface area contributed by atoms with Crippen LogP contribution >= 0.6 is 0 Å². The van der Waals surface area contributed by atoms with Gasteiger partial charge >= 0.3 is 0 Å². The fourth-order valence-electron chi connectivity index (χ4n) is 3.84. The Hall–Kier alpha value is -3.12. The molecule has 2 aromatic carbocycles. The van der Waals surface area contributed by atoms with Gasteiger partial charge in [-0.1, -0.05) is 42.0 Å². The summed E-state index contributed by atoms with van der Waals surface area (Å²) >= 11 is 0. The summed E-state index contributed by atoms with van der Waals surface area (Å²) in [5.74, 6) is -0.633. The van der Waals surface area contributed by atoms with Crippen LogP contribution in [-0.2, 0) is 9.59 Å². The van der Waals surface area contributed by atoms with Crippen molar-refractivity contribution in [1.82, 2.24) is 4.90 Å². The van der Waals surface area contributed by atoms with E-state index in [-0.39, 0.29) is 11.3 Å². The van der Waals surface area contributed by atoms with Gasteiger partial charge in [-0.25, -0.2) is 0 Å². The lowest BCUT2D eigenvalue weighted by Crippen LogP contribution is -3.05. The summed E-state index contributed by atoms with van der Waals surface area (Å²) in [4.78, 5) is 28.8. The van der Waals surface area contributed by atoms with E-state index in [1.54, 1.807) is 17.0 Å². The summed E-state index contributed by atoms with van der Waals surface area (Å²) in [5, 5.41) is 11.1. The predicted molar refractivity (Wildman–Crippen MR) is 120 cm³/mol. The fourth-order valence-corrected chi connectivity index (χ4v) is 3.84. The van der Waals surface area contributed by atoms with Crippen LogP contribution in [0.2, 0.25) is 0 Å². The number of benzene rings is 2. The van der Waals surface area contributed by atoms with Crippen LogP contribution in [0.3, 0.4) is 0 Å². The molecule has 1 aliphatic heterocycles. The minimum absolute atomic E-state index is 0.134. The Kier molecular flexibility index (Phi) is 7.13. The van der Waals surface area contributed by atoms with Gasteiger partial charge in [0.2, 0.25) is 0 Å². The van der Waals surface area contributed by atoms with Gasteiger partial charge in [-0.3, -0.25) is 9.59 Å². The maximum absolute atomic E-state index is 13.0. The van der Waals surface area contributed by atoms with Gasteiger partial charge < -0.3 is 19.6 Å². The molecule has 1 fully saturated rings. The van der Waals surface area contributed by atoms with Crippen molar-refractivity contribution >= 4 is 17.4 Å². The number of carbonyl (C=O) groups is 2. The summed E-state index contributed by atoms with van der Waals surface area (Å²) in [6.45, 7) is 5.74. The van der Waals surface area contributed by atoms with Crippen molar-refractivity contribution in [2.75, 3.05) is 33.8 Å². The molecule has 1 heterocycles. The van der Waals surface area contributed by atoms with E-state index in [1.807, 2.05) is 50.2 Å². The topological polar surface area (TPSA) is 71.3 Å². The second-order valence-electron chi connectivity index (χ2n) is 8.17. The van der Waals surface area contributed by atoms with Crippen LogP contribution in [0.4, 0.5) is 0 Å². The summed E-state index contributed by atoms with van der Waals surface area (Å²) in [6, 6.07) is 14.0. The summed E-state index contributed by atoms with van der Waals surface area (Å²) in [6.07, 6.45) is 0.757. The first-order valence-corrected chi connectivity index (χ1v) is 10.7. The van der Waals surface area contributed by atoms with E-state index in [4.69, 9.17) is 4.74 Å². The number of carbonyl (C=O) groups excluding carboxylic acids is 2. The Morgan fingerprint density at radius 3 is 2.29 bits per heavy atom. The quantitative estimate of drug-likeness (QED) is 0.389. The number of nitrogens with zero attached hydrogens (tertiary/aromatic N) is 1. The summed E-state index contributed by atoms with van der Waals surface area (Å²) < 4.78 is 5.53. The first-order chi connectivity index (χ1) is 14.8. The Morgan fingerprint density at radius 1 is 1.06 bits per heavy atom. The van der Waals surface area contributed by atoms with Gasteiger partial charge in [0.1, 0.15) is 11.5 Å². The molecule has 31 heavy (non-hydrogen) atoms. The van der Waals surface area contributed by atoms with Crippen LogP contribution < -0.4 is 9.64 Å². The molecule has 164 valence electrons. The molecule has 1 saturated heterocycles. The number of rotatable bonds is 8. The molecule has 6 heteroatoms. The maximum atomic E-state index is 13.0. The van der Waals surface area contributed by atoms with Crippen molar-refractivity contribution in [3.63, 3.8) is 0 Å². The predicted octanol–water partition coefficient (Wildman–Crippen LogP) is 2.35. The molecule has 0 aliphatic carbocycles. The van der Waals surface area contributed by atoms with Crippen LogP contribution in [0.5, 0.6) is 5.75 Å². The Labute approximate surface area is 183 Å². The van der Waals surface area contributed by atoms with Gasteiger partial charge in [0.05, 0.1) is 38.9 Å². The van der Waals surface area contributed by atoms with Gasteiger partial charge in [-0.05, 0) is 31.5 Å². The van der Waals surface area contributed by atoms with E-state index in [1.165, 1.54) is 4.90 Å². The number of Topliss-reactive ketones (excluding diaryl/α,β-unsaturated/α-hetero) is 1. The summed E-state index contributed by atoms with van der Waals surface area (Å²) in [5.41, 5.74) is 2.48. The van der Waals surface area contributed by atoms with Crippen molar-refractivity contribution < 1.29 is 24.3 Å². The smallest absolute Gasteiger partial charge is 0.295 e. The van der Waals surface area contributed by atoms with Crippen molar-refractivity contribution in [2.45, 2.75) is 26.3 Å². The molecule has 2 N–H and O–H groups in total. The van der Waals surface area contributed by atoms with Crippen molar-refractivity contribution in [2.24, 2.45) is 0 Å². The van der Waals surface area contributed by atoms with Gasteiger partial charge in [0.15, 0.2) is 0 Å². The second-order valence-corrected chi connectivity index (χ2v) is 8.17. The van der Waals surface area contributed by atoms with Crippen LogP contribution in [0, 0.1) is 6.92 Å². The molecule has 0 radical (unpaired) electrons. The highest BCUT2D eigenvalue weighted by Gasteiger charge is 2.45. The third-order valence-corrected chi connectivity index (χ3v) is 5.45. The Morgan fingerprint density at radius 2 is 1.71 bits per heavy atom. The average Bonchev–Trinajstić information content (AvgIpc) is 2.99. The number of amides is 1. The zero-order valence-electron chi connectivity index (χ0n) is 18.6. The van der Waals surface area contributed by atoms with Crippen molar-refractivity contribution in [3.8, 4) is 5.75 Å².